The molecule has 11 rings (SSSR count). The first kappa shape index (κ1) is 37.6. The number of nitrogens with zero attached hydrogens (tertiary/aromatic N) is 2. The quantitative estimate of drug-likeness (QED) is 0.137. The fraction of sp³-hybridized carbons (Fsp3) is 0. The normalized spacial score (nSPS) is 11.2. The van der Waals surface area contributed by atoms with Crippen LogP contribution in [-0.2, 0) is 0 Å². The molecule has 0 aliphatic carbocycles. The van der Waals surface area contributed by atoms with Crippen molar-refractivity contribution < 1.29 is 4.42 Å². The van der Waals surface area contributed by atoms with E-state index in [1.165, 1.54) is 33.4 Å². The van der Waals surface area contributed by atoms with Gasteiger partial charge in [0.2, 0.25) is 0 Å². The Labute approximate surface area is 368 Å². The zero-order valence-corrected chi connectivity index (χ0v) is 34.6. The van der Waals surface area contributed by atoms with Crippen molar-refractivity contribution in [1.29, 1.82) is 0 Å². The molecule has 0 saturated carbocycles. The van der Waals surface area contributed by atoms with Crippen molar-refractivity contribution in [3.63, 3.8) is 0 Å². The molecule has 1 heterocycles. The Morgan fingerprint density at radius 2 is 0.524 bits per heavy atom. The zero-order valence-electron chi connectivity index (χ0n) is 34.6. The number of benzene rings is 10. The van der Waals surface area contributed by atoms with Crippen LogP contribution in [0.1, 0.15) is 0 Å². The van der Waals surface area contributed by atoms with E-state index in [1.54, 1.807) is 0 Å². The molecule has 0 saturated heterocycles. The second-order valence-electron chi connectivity index (χ2n) is 15.8. The molecule has 0 spiro atoms. The van der Waals surface area contributed by atoms with E-state index in [2.05, 4.69) is 252 Å². The van der Waals surface area contributed by atoms with Crippen LogP contribution < -0.4 is 9.80 Å². The van der Waals surface area contributed by atoms with Gasteiger partial charge in [-0.05, 0) is 117 Å². The molecule has 1 aromatic heterocycles. The van der Waals surface area contributed by atoms with Gasteiger partial charge in [-0.25, -0.2) is 0 Å². The molecule has 10 aromatic carbocycles. The van der Waals surface area contributed by atoms with Crippen LogP contribution in [0.5, 0.6) is 0 Å². The van der Waals surface area contributed by atoms with Crippen LogP contribution >= 0.6 is 0 Å². The summed E-state index contributed by atoms with van der Waals surface area (Å²) in [5.41, 5.74) is 17.5. The van der Waals surface area contributed by atoms with E-state index < -0.39 is 0 Å². The minimum Gasteiger partial charge on any atom is -0.454 e. The van der Waals surface area contributed by atoms with Crippen LogP contribution in [0.25, 0.3) is 66.4 Å². The van der Waals surface area contributed by atoms with Crippen molar-refractivity contribution in [2.24, 2.45) is 0 Å². The van der Waals surface area contributed by atoms with Gasteiger partial charge in [0, 0.05) is 39.2 Å². The summed E-state index contributed by atoms with van der Waals surface area (Å²) in [5, 5.41) is 2.21. The zero-order chi connectivity index (χ0) is 42.0. The monoisotopic (exact) mass is 806 g/mol. The van der Waals surface area contributed by atoms with Crippen molar-refractivity contribution >= 4 is 56.1 Å². The number of fused-ring (bicyclic) bond motifs is 3. The van der Waals surface area contributed by atoms with Crippen molar-refractivity contribution in [3.8, 4) is 44.5 Å². The lowest BCUT2D eigenvalue weighted by molar-refractivity contribution is 0.669. The van der Waals surface area contributed by atoms with Gasteiger partial charge in [0.05, 0.1) is 5.69 Å². The number of rotatable bonds is 10. The largest absolute Gasteiger partial charge is 0.454 e. The number of anilines is 6. The first-order valence-corrected chi connectivity index (χ1v) is 21.4. The Balaban J connectivity index is 0.939. The van der Waals surface area contributed by atoms with Gasteiger partial charge in [-0.15, -0.1) is 0 Å². The Hall–Kier alpha value is -8.40. The highest BCUT2D eigenvalue weighted by molar-refractivity contribution is 6.10. The second kappa shape index (κ2) is 16.6. The maximum Gasteiger partial charge on any atom is 0.159 e. The summed E-state index contributed by atoms with van der Waals surface area (Å²) < 4.78 is 6.59. The molecular weight excluding hydrogens is 765 g/mol. The van der Waals surface area contributed by atoms with Crippen molar-refractivity contribution in [3.05, 3.63) is 255 Å². The van der Waals surface area contributed by atoms with Gasteiger partial charge in [-0.1, -0.05) is 182 Å². The summed E-state index contributed by atoms with van der Waals surface area (Å²) in [7, 11) is 0. The smallest absolute Gasteiger partial charge is 0.159 e. The van der Waals surface area contributed by atoms with E-state index in [-0.39, 0.29) is 0 Å². The third kappa shape index (κ3) is 7.43. The fourth-order valence-corrected chi connectivity index (χ4v) is 8.69. The molecule has 0 radical (unpaired) electrons. The first-order valence-electron chi connectivity index (χ1n) is 21.4. The molecule has 0 fully saturated rings. The number of furan rings is 1. The molecule has 0 unspecified atom stereocenters. The standard InChI is InChI=1S/C60H42N2O/c1-4-13-43(14-5-1)46-23-33-51(34-24-46)61(52-35-25-47(26-36-52)44-15-6-2-7-16-44)53-37-27-49(28-38-53)50-31-41-55(42-32-50)62(54-39-29-48(30-40-54)45-17-8-3-9-18-45)58-21-12-20-57-56-19-10-11-22-59(56)63-60(57)58/h1-42H. The summed E-state index contributed by atoms with van der Waals surface area (Å²) in [6, 6.07) is 90.6. The molecule has 0 aliphatic heterocycles. The molecule has 298 valence electrons. The van der Waals surface area contributed by atoms with Crippen LogP contribution in [0.15, 0.2) is 259 Å². The average Bonchev–Trinajstić information content (AvgIpc) is 3.76. The first-order chi connectivity index (χ1) is 31.2. The van der Waals surface area contributed by atoms with Crippen molar-refractivity contribution in [2.75, 3.05) is 9.80 Å². The van der Waals surface area contributed by atoms with Crippen LogP contribution in [0, 0.1) is 0 Å². The molecule has 0 aliphatic rings. The Bertz CT molecular complexity index is 3190. The average molecular weight is 807 g/mol. The van der Waals surface area contributed by atoms with E-state index in [9.17, 15) is 0 Å². The molecule has 0 N–H and O–H groups in total. The summed E-state index contributed by atoms with van der Waals surface area (Å²) in [6.07, 6.45) is 0. The van der Waals surface area contributed by atoms with Gasteiger partial charge < -0.3 is 14.2 Å². The lowest BCUT2D eigenvalue weighted by atomic mass is 10.0. The number of hydrogen-bond acceptors (Lipinski definition) is 3. The van der Waals surface area contributed by atoms with Crippen molar-refractivity contribution in [1.82, 2.24) is 0 Å². The molecule has 0 atom stereocenters. The highest BCUT2D eigenvalue weighted by Gasteiger charge is 2.20. The topological polar surface area (TPSA) is 19.6 Å². The van der Waals surface area contributed by atoms with Crippen LogP contribution in [-0.4, -0.2) is 0 Å². The van der Waals surface area contributed by atoms with E-state index in [0.29, 0.717) is 0 Å². The van der Waals surface area contributed by atoms with E-state index >= 15 is 0 Å². The molecule has 11 aromatic rings. The number of para-hydroxylation sites is 2. The minimum atomic E-state index is 0.861. The molecule has 3 heteroatoms. The Kier molecular flexibility index (Phi) is 9.89. The van der Waals surface area contributed by atoms with Crippen molar-refractivity contribution in [2.45, 2.75) is 0 Å². The lowest BCUT2D eigenvalue weighted by Crippen LogP contribution is -2.10. The maximum absolute atomic E-state index is 6.59. The summed E-state index contributed by atoms with van der Waals surface area (Å²) in [4.78, 5) is 4.63. The lowest BCUT2D eigenvalue weighted by Gasteiger charge is -2.26. The molecule has 3 nitrogen and oxygen atoms in total. The Morgan fingerprint density at radius 3 is 0.905 bits per heavy atom. The predicted molar refractivity (Wildman–Crippen MR) is 265 cm³/mol. The third-order valence-corrected chi connectivity index (χ3v) is 11.9. The minimum absolute atomic E-state index is 0.861. The highest BCUT2D eigenvalue weighted by Crippen LogP contribution is 2.43. The fourth-order valence-electron chi connectivity index (χ4n) is 8.69. The molecule has 0 amide bonds. The molecular formula is C60H42N2O. The van der Waals surface area contributed by atoms with Gasteiger partial charge in [0.15, 0.2) is 5.58 Å². The van der Waals surface area contributed by atoms with E-state index in [4.69, 9.17) is 4.42 Å². The van der Waals surface area contributed by atoms with Crippen LogP contribution in [0.4, 0.5) is 34.1 Å². The summed E-state index contributed by atoms with van der Waals surface area (Å²) >= 11 is 0. The van der Waals surface area contributed by atoms with Gasteiger partial charge in [-0.3, -0.25) is 0 Å². The third-order valence-electron chi connectivity index (χ3n) is 11.9. The van der Waals surface area contributed by atoms with Gasteiger partial charge in [-0.2, -0.15) is 0 Å². The van der Waals surface area contributed by atoms with E-state index in [0.717, 1.165) is 67.2 Å². The highest BCUT2D eigenvalue weighted by atomic mass is 16.3. The Morgan fingerprint density at radius 1 is 0.222 bits per heavy atom. The second-order valence-corrected chi connectivity index (χ2v) is 15.8. The van der Waals surface area contributed by atoms with Crippen LogP contribution in [0.2, 0.25) is 0 Å². The summed E-state index contributed by atoms with van der Waals surface area (Å²) in [6.45, 7) is 0. The SMILES string of the molecule is c1ccc(-c2ccc(N(c3ccc(-c4ccccc4)cc3)c3ccc(-c4ccc(N(c5ccc(-c6ccccc6)cc5)c5cccc6c5oc5ccccc56)cc4)cc3)cc2)cc1. The van der Waals surface area contributed by atoms with Gasteiger partial charge in [0.1, 0.15) is 5.58 Å². The van der Waals surface area contributed by atoms with Crippen LogP contribution in [0.3, 0.4) is 0 Å². The molecule has 0 bridgehead atoms. The molecule has 63 heavy (non-hydrogen) atoms. The van der Waals surface area contributed by atoms with Gasteiger partial charge >= 0.3 is 0 Å². The van der Waals surface area contributed by atoms with Gasteiger partial charge in [0.25, 0.3) is 0 Å². The van der Waals surface area contributed by atoms with E-state index in [1.807, 2.05) is 12.1 Å². The number of hydrogen-bond donors (Lipinski definition) is 0. The summed E-state index contributed by atoms with van der Waals surface area (Å²) in [5.74, 6) is 0. The predicted octanol–water partition coefficient (Wildman–Crippen LogP) is 17.2. The maximum atomic E-state index is 6.59.